The fourth-order valence-corrected chi connectivity index (χ4v) is 11.0. The quantitative estimate of drug-likeness (QED) is 0.273. The van der Waals surface area contributed by atoms with E-state index in [0.717, 1.165) is 4.46 Å². The van der Waals surface area contributed by atoms with Gasteiger partial charge in [-0.15, -0.1) is 0 Å². The van der Waals surface area contributed by atoms with Crippen LogP contribution in [0.5, 0.6) is 0 Å². The molecule has 0 radical (unpaired) electrons. The van der Waals surface area contributed by atoms with E-state index in [1.807, 2.05) is 35.2 Å². The van der Waals surface area contributed by atoms with Crippen LogP contribution in [0, 0.1) is 5.92 Å². The van der Waals surface area contributed by atoms with E-state index in [0.29, 0.717) is 32.8 Å². The molecule has 4 fully saturated rings. The molecule has 1 aromatic carbocycles. The Labute approximate surface area is 254 Å². The van der Waals surface area contributed by atoms with Gasteiger partial charge in [0.15, 0.2) is 0 Å². The summed E-state index contributed by atoms with van der Waals surface area (Å²) < 4.78 is 29.3. The van der Waals surface area contributed by atoms with Gasteiger partial charge in [-0.1, -0.05) is 0 Å². The third-order valence-electron chi connectivity index (χ3n) is 9.54. The molecule has 0 bridgehead atoms. The maximum absolute atomic E-state index is 15.4. The molecule has 5 heterocycles. The summed E-state index contributed by atoms with van der Waals surface area (Å²) in [5.41, 5.74) is 4.45. The number of amides is 2. The van der Waals surface area contributed by atoms with Gasteiger partial charge in [0, 0.05) is 0 Å². The first-order chi connectivity index (χ1) is 20.7. The second-order valence-corrected chi connectivity index (χ2v) is 14.4. The van der Waals surface area contributed by atoms with Crippen molar-refractivity contribution < 1.29 is 42.9 Å². The molecule has 1 unspecified atom stereocenters. The molecule has 0 saturated carbocycles. The van der Waals surface area contributed by atoms with Crippen molar-refractivity contribution in [3.63, 3.8) is 0 Å². The van der Waals surface area contributed by atoms with Crippen molar-refractivity contribution in [1.82, 2.24) is 14.7 Å². The van der Waals surface area contributed by atoms with Gasteiger partial charge < -0.3 is 0 Å². The molecule has 1 spiro atoms. The molecule has 5 atom stereocenters. The number of hydrogen-bond acceptors (Lipinski definition) is 11. The van der Waals surface area contributed by atoms with Gasteiger partial charge >= 0.3 is 255 Å². The van der Waals surface area contributed by atoms with E-state index in [1.54, 1.807) is 4.90 Å². The standard InChI is InChI=1S/C29H34N4O9Se/c1-17(34)33-20-14-32-22-21(19(15-40-26(30)37)28(32,38-2)23(20)33)24(35)29(41-12-13-42-29)27(25(22)36,16-31-8-10-39-11-9-31)43-18-6-4-3-5-7-18/h3-7,19-20,23H,8-16H2,1-2H3,(H2,30,37)/t19-,20+,23+,27?,28-,33?/m1/s1. The number of ether oxygens (including phenoxy) is 5. The molecule has 0 aromatic heterocycles. The second kappa shape index (κ2) is 10.4. The van der Waals surface area contributed by atoms with E-state index in [9.17, 15) is 9.59 Å². The molecule has 14 heteroatoms. The Morgan fingerprint density at radius 3 is 2.40 bits per heavy atom. The Morgan fingerprint density at radius 1 is 1.07 bits per heavy atom. The molecule has 1 aromatic rings. The first-order valence-corrected chi connectivity index (χ1v) is 16.1. The number of methoxy groups -OCH3 is 1. The van der Waals surface area contributed by atoms with Crippen molar-refractivity contribution in [2.45, 2.75) is 34.8 Å². The Bertz CT molecular complexity index is 1400. The van der Waals surface area contributed by atoms with Gasteiger partial charge in [-0.3, -0.25) is 0 Å². The first kappa shape index (κ1) is 28.9. The zero-order valence-corrected chi connectivity index (χ0v) is 25.7. The zero-order valence-electron chi connectivity index (χ0n) is 24.0. The monoisotopic (exact) mass is 662 g/mol. The van der Waals surface area contributed by atoms with Crippen LogP contribution in [0.3, 0.4) is 0 Å². The first-order valence-electron chi connectivity index (χ1n) is 14.4. The van der Waals surface area contributed by atoms with Gasteiger partial charge in [0.2, 0.25) is 0 Å². The van der Waals surface area contributed by atoms with Gasteiger partial charge in [-0.25, -0.2) is 0 Å². The molecular formula is C29H34N4O9Se. The van der Waals surface area contributed by atoms with Gasteiger partial charge in [0.1, 0.15) is 0 Å². The van der Waals surface area contributed by atoms with E-state index in [2.05, 4.69) is 4.90 Å². The van der Waals surface area contributed by atoms with Crippen LogP contribution in [0.1, 0.15) is 6.92 Å². The summed E-state index contributed by atoms with van der Waals surface area (Å²) in [6, 6.07) is 8.99. The predicted octanol–water partition coefficient (Wildman–Crippen LogP) is -1.36. The molecule has 6 aliphatic rings. The number of carbonyl (C=O) groups excluding carboxylic acids is 4. The van der Waals surface area contributed by atoms with Crippen molar-refractivity contribution in [3.8, 4) is 0 Å². The molecule has 2 amide bonds. The van der Waals surface area contributed by atoms with E-state index in [-0.39, 0.29) is 55.4 Å². The number of Topliss-reactive ketones (excluding diaryl/α,β-unsaturated/α-hetero) is 2. The van der Waals surface area contributed by atoms with Crippen molar-refractivity contribution >= 4 is 43.0 Å². The van der Waals surface area contributed by atoms with Gasteiger partial charge in [0.25, 0.3) is 0 Å². The molecule has 4 saturated heterocycles. The fourth-order valence-electron chi connectivity index (χ4n) is 7.85. The Balaban J connectivity index is 1.42. The Morgan fingerprint density at radius 2 is 1.77 bits per heavy atom. The molecule has 230 valence electrons. The topological polar surface area (TPSA) is 150 Å². The second-order valence-electron chi connectivity index (χ2n) is 11.6. The number of morpholine rings is 1. The van der Waals surface area contributed by atoms with Crippen LogP contribution < -0.4 is 10.2 Å². The van der Waals surface area contributed by atoms with Crippen LogP contribution >= 0.6 is 0 Å². The van der Waals surface area contributed by atoms with E-state index in [4.69, 9.17) is 29.4 Å². The van der Waals surface area contributed by atoms with Gasteiger partial charge in [-0.2, -0.15) is 0 Å². The number of primary amides is 1. The SMILES string of the molecule is CO[C@@]12[C@H](COC(N)=O)C3=C(C(=O)C(CN4CCOCC4)([Se]c4ccccc4)C4(OCCO4)C3=O)N1C[C@H]1[C@@H]2N1C(C)=O. The molecule has 13 nitrogen and oxygen atoms in total. The fraction of sp³-hybridized carbons (Fsp3) is 0.586. The van der Waals surface area contributed by atoms with Crippen LogP contribution in [-0.2, 0) is 38.1 Å². The number of fused-ring (bicyclic) bond motifs is 4. The number of nitrogens with zero attached hydrogens (tertiary/aromatic N) is 3. The van der Waals surface area contributed by atoms with Crippen LogP contribution in [0.4, 0.5) is 4.79 Å². The van der Waals surface area contributed by atoms with Crippen LogP contribution in [0.15, 0.2) is 41.6 Å². The van der Waals surface area contributed by atoms with Crippen molar-refractivity contribution in [2.24, 2.45) is 11.7 Å². The summed E-state index contributed by atoms with van der Waals surface area (Å²) in [7, 11) is 1.49. The van der Waals surface area contributed by atoms with Crippen LogP contribution in [0.2, 0.25) is 4.31 Å². The Kier molecular flexibility index (Phi) is 6.97. The molecular weight excluding hydrogens is 627 g/mol. The normalized spacial score (nSPS) is 34.4. The number of nitrogens with two attached hydrogens (primary N) is 1. The molecule has 5 aliphatic heterocycles. The predicted molar refractivity (Wildman–Crippen MR) is 149 cm³/mol. The average Bonchev–Trinajstić information content (AvgIpc) is 3.28. The summed E-state index contributed by atoms with van der Waals surface area (Å²) in [6.45, 7) is 4.17. The summed E-state index contributed by atoms with van der Waals surface area (Å²) in [6.07, 6.45) is -1.02. The number of ketones is 2. The summed E-state index contributed by atoms with van der Waals surface area (Å²) >= 11 is -0.617. The molecule has 43 heavy (non-hydrogen) atoms. The molecule has 1 aliphatic carbocycles. The van der Waals surface area contributed by atoms with Crippen molar-refractivity contribution in [2.75, 3.05) is 66.3 Å². The average molecular weight is 662 g/mol. The number of benzene rings is 1. The Hall–Kier alpha value is -2.84. The van der Waals surface area contributed by atoms with Crippen molar-refractivity contribution in [1.29, 1.82) is 0 Å². The number of hydrogen-bond donors (Lipinski definition) is 1. The number of rotatable bonds is 7. The minimum absolute atomic E-state index is 0.141. The maximum atomic E-state index is 15.4. The zero-order chi connectivity index (χ0) is 30.1. The number of allylic oxidation sites excluding steroid dienone is 1. The summed E-state index contributed by atoms with van der Waals surface area (Å²) in [5, 5.41) is 0. The summed E-state index contributed by atoms with van der Waals surface area (Å²) in [4.78, 5) is 60.6. The summed E-state index contributed by atoms with van der Waals surface area (Å²) in [5.74, 6) is -3.68. The van der Waals surface area contributed by atoms with Crippen LogP contribution in [-0.4, -0.2) is 143 Å². The number of carbonyl (C=O) groups is 4. The van der Waals surface area contributed by atoms with E-state index < -0.39 is 54.6 Å². The third kappa shape index (κ3) is 3.94. The van der Waals surface area contributed by atoms with E-state index >= 15 is 9.59 Å². The van der Waals surface area contributed by atoms with Gasteiger partial charge in [-0.05, 0) is 0 Å². The molecule has 7 rings (SSSR count). The number of piperazine rings is 1. The molecule has 2 N–H and O–H groups in total. The minimum atomic E-state index is -1.89. The van der Waals surface area contributed by atoms with E-state index in [1.165, 1.54) is 14.0 Å². The van der Waals surface area contributed by atoms with Crippen LogP contribution in [0.25, 0.3) is 0 Å². The third-order valence-corrected chi connectivity index (χ3v) is 12.6. The van der Waals surface area contributed by atoms with Crippen molar-refractivity contribution in [3.05, 3.63) is 41.6 Å². The van der Waals surface area contributed by atoms with Gasteiger partial charge in [0.05, 0.1) is 0 Å².